The molecule has 0 unspecified atom stereocenters. The first-order valence-corrected chi connectivity index (χ1v) is 5.29. The molecule has 0 radical (unpaired) electrons. The van der Waals surface area contributed by atoms with E-state index in [-0.39, 0.29) is 11.2 Å². The Morgan fingerprint density at radius 3 is 2.14 bits per heavy atom. The summed E-state index contributed by atoms with van der Waals surface area (Å²) in [4.78, 5) is 11.7. The molecule has 0 aromatic heterocycles. The number of rotatable bonds is 4. The van der Waals surface area contributed by atoms with Gasteiger partial charge in [-0.1, -0.05) is 27.7 Å². The van der Waals surface area contributed by atoms with Crippen molar-refractivity contribution < 1.29 is 4.79 Å². The Bertz CT molecular complexity index is 221. The lowest BCUT2D eigenvalue weighted by atomic mass is 9.90. The van der Waals surface area contributed by atoms with Gasteiger partial charge in [0, 0.05) is 23.2 Å². The topological polar surface area (TPSA) is 29.1 Å². The fourth-order valence-electron chi connectivity index (χ4n) is 0.991. The molecule has 0 aliphatic carbocycles. The monoisotopic (exact) mass is 197 g/mol. The molecule has 1 N–H and O–H groups in total. The molecule has 82 valence electrons. The fourth-order valence-corrected chi connectivity index (χ4v) is 0.991. The van der Waals surface area contributed by atoms with Crippen molar-refractivity contribution in [2.45, 2.75) is 54.0 Å². The van der Waals surface area contributed by atoms with Crippen LogP contribution in [0.15, 0.2) is 11.8 Å². The van der Waals surface area contributed by atoms with Crippen LogP contribution < -0.4 is 5.32 Å². The van der Waals surface area contributed by atoms with Crippen molar-refractivity contribution in [1.82, 2.24) is 5.32 Å². The molecule has 0 aliphatic heterocycles. The average Bonchev–Trinajstić information content (AvgIpc) is 2.00. The molecule has 0 amide bonds. The number of carbonyl (C=O) groups excluding carboxylic acids is 1. The van der Waals surface area contributed by atoms with E-state index in [1.165, 1.54) is 0 Å². The van der Waals surface area contributed by atoms with E-state index in [2.05, 4.69) is 26.1 Å². The van der Waals surface area contributed by atoms with Gasteiger partial charge >= 0.3 is 0 Å². The minimum Gasteiger partial charge on any atom is -0.386 e. The second kappa shape index (κ2) is 5.18. The highest BCUT2D eigenvalue weighted by Crippen LogP contribution is 2.16. The largest absolute Gasteiger partial charge is 0.386 e. The van der Waals surface area contributed by atoms with Crippen molar-refractivity contribution in [2.75, 3.05) is 0 Å². The van der Waals surface area contributed by atoms with Crippen LogP contribution in [0, 0.1) is 5.41 Å². The summed E-state index contributed by atoms with van der Waals surface area (Å²) in [7, 11) is 0. The van der Waals surface area contributed by atoms with E-state index in [0.29, 0.717) is 6.04 Å². The highest BCUT2D eigenvalue weighted by Gasteiger charge is 2.19. The van der Waals surface area contributed by atoms with Crippen LogP contribution in [-0.2, 0) is 4.79 Å². The maximum Gasteiger partial charge on any atom is 0.162 e. The minimum atomic E-state index is -0.279. The van der Waals surface area contributed by atoms with Crippen LogP contribution in [0.5, 0.6) is 0 Å². The van der Waals surface area contributed by atoms with Crippen molar-refractivity contribution in [2.24, 2.45) is 5.41 Å². The Morgan fingerprint density at radius 2 is 1.86 bits per heavy atom. The van der Waals surface area contributed by atoms with Gasteiger partial charge in [-0.25, -0.2) is 0 Å². The third-order valence-electron chi connectivity index (χ3n) is 1.90. The van der Waals surface area contributed by atoms with E-state index in [9.17, 15) is 4.79 Å². The van der Waals surface area contributed by atoms with Gasteiger partial charge in [0.25, 0.3) is 0 Å². The van der Waals surface area contributed by atoms with Crippen molar-refractivity contribution >= 4 is 5.78 Å². The molecule has 0 aromatic rings. The van der Waals surface area contributed by atoms with Crippen LogP contribution in [0.4, 0.5) is 0 Å². The first kappa shape index (κ1) is 13.2. The van der Waals surface area contributed by atoms with Crippen LogP contribution >= 0.6 is 0 Å². The lowest BCUT2D eigenvalue weighted by molar-refractivity contribution is -0.121. The zero-order valence-electron chi connectivity index (χ0n) is 10.3. The predicted molar refractivity (Wildman–Crippen MR) is 61.1 cm³/mol. The second-order valence-electron chi connectivity index (χ2n) is 4.94. The Hall–Kier alpha value is -0.790. The SMILES string of the molecule is CCC(=CC(=O)C(C)(C)C)NC(C)C. The van der Waals surface area contributed by atoms with Gasteiger partial charge in [-0.3, -0.25) is 4.79 Å². The van der Waals surface area contributed by atoms with Crippen LogP contribution in [0.25, 0.3) is 0 Å². The summed E-state index contributed by atoms with van der Waals surface area (Å²) >= 11 is 0. The van der Waals surface area contributed by atoms with E-state index in [1.807, 2.05) is 20.8 Å². The van der Waals surface area contributed by atoms with Gasteiger partial charge in [0.1, 0.15) is 0 Å². The lowest BCUT2D eigenvalue weighted by Gasteiger charge is -2.17. The summed E-state index contributed by atoms with van der Waals surface area (Å²) < 4.78 is 0. The van der Waals surface area contributed by atoms with Gasteiger partial charge in [0.15, 0.2) is 5.78 Å². The van der Waals surface area contributed by atoms with Gasteiger partial charge in [-0.2, -0.15) is 0 Å². The van der Waals surface area contributed by atoms with Crippen molar-refractivity contribution in [3.63, 3.8) is 0 Å². The first-order chi connectivity index (χ1) is 6.27. The number of carbonyl (C=O) groups is 1. The summed E-state index contributed by atoms with van der Waals surface area (Å²) in [5.41, 5.74) is 0.749. The van der Waals surface area contributed by atoms with Crippen LogP contribution in [0.3, 0.4) is 0 Å². The molecule has 0 bridgehead atoms. The zero-order chi connectivity index (χ0) is 11.4. The predicted octanol–water partition coefficient (Wildman–Crippen LogP) is 2.89. The quantitative estimate of drug-likeness (QED) is 0.702. The molecule has 0 saturated heterocycles. The zero-order valence-corrected chi connectivity index (χ0v) is 10.3. The molecule has 0 aromatic carbocycles. The van der Waals surface area contributed by atoms with Crippen LogP contribution in [0.2, 0.25) is 0 Å². The summed E-state index contributed by atoms with van der Waals surface area (Å²) in [6.45, 7) is 12.0. The normalized spacial score (nSPS) is 13.2. The molecular formula is C12H23NO. The van der Waals surface area contributed by atoms with E-state index in [0.717, 1.165) is 12.1 Å². The Morgan fingerprint density at radius 1 is 1.36 bits per heavy atom. The third kappa shape index (κ3) is 5.05. The number of hydrogen-bond donors (Lipinski definition) is 1. The molecule has 0 rings (SSSR count). The molecular weight excluding hydrogens is 174 g/mol. The lowest BCUT2D eigenvalue weighted by Crippen LogP contribution is -2.25. The molecule has 0 atom stereocenters. The Labute approximate surface area is 87.8 Å². The molecule has 14 heavy (non-hydrogen) atoms. The molecule has 2 heteroatoms. The van der Waals surface area contributed by atoms with Gasteiger partial charge < -0.3 is 5.32 Å². The Kier molecular flexibility index (Phi) is 4.89. The van der Waals surface area contributed by atoms with Crippen molar-refractivity contribution in [1.29, 1.82) is 0 Å². The summed E-state index contributed by atoms with van der Waals surface area (Å²) in [6, 6.07) is 0.383. The van der Waals surface area contributed by atoms with Gasteiger partial charge in [-0.15, -0.1) is 0 Å². The molecule has 0 fully saturated rings. The summed E-state index contributed by atoms with van der Waals surface area (Å²) in [5.74, 6) is 0.183. The number of ketones is 1. The minimum absolute atomic E-state index is 0.183. The maximum absolute atomic E-state index is 11.7. The highest BCUT2D eigenvalue weighted by atomic mass is 16.1. The highest BCUT2D eigenvalue weighted by molar-refractivity contribution is 5.94. The fraction of sp³-hybridized carbons (Fsp3) is 0.750. The van der Waals surface area contributed by atoms with E-state index < -0.39 is 0 Å². The molecule has 0 spiro atoms. The van der Waals surface area contributed by atoms with Crippen molar-refractivity contribution in [3.05, 3.63) is 11.8 Å². The number of allylic oxidation sites excluding steroid dienone is 2. The first-order valence-electron chi connectivity index (χ1n) is 5.29. The Balaban J connectivity index is 4.52. The maximum atomic E-state index is 11.7. The standard InChI is InChI=1S/C12H23NO/c1-7-10(13-9(2)3)8-11(14)12(4,5)6/h8-9,13H,7H2,1-6H3. The molecule has 0 saturated carbocycles. The molecule has 0 aliphatic rings. The van der Waals surface area contributed by atoms with Crippen LogP contribution in [-0.4, -0.2) is 11.8 Å². The van der Waals surface area contributed by atoms with E-state index in [4.69, 9.17) is 0 Å². The van der Waals surface area contributed by atoms with E-state index >= 15 is 0 Å². The van der Waals surface area contributed by atoms with Gasteiger partial charge in [0.2, 0.25) is 0 Å². The molecule has 2 nitrogen and oxygen atoms in total. The van der Waals surface area contributed by atoms with Gasteiger partial charge in [0.05, 0.1) is 0 Å². The third-order valence-corrected chi connectivity index (χ3v) is 1.90. The van der Waals surface area contributed by atoms with Crippen LogP contribution in [0.1, 0.15) is 48.0 Å². The van der Waals surface area contributed by atoms with Crippen molar-refractivity contribution in [3.8, 4) is 0 Å². The number of nitrogens with one attached hydrogen (secondary N) is 1. The summed E-state index contributed by atoms with van der Waals surface area (Å²) in [5, 5.41) is 3.27. The molecule has 0 heterocycles. The smallest absolute Gasteiger partial charge is 0.162 e. The number of hydrogen-bond acceptors (Lipinski definition) is 2. The van der Waals surface area contributed by atoms with E-state index in [1.54, 1.807) is 6.08 Å². The van der Waals surface area contributed by atoms with Gasteiger partial charge in [-0.05, 0) is 20.3 Å². The average molecular weight is 197 g/mol. The second-order valence-corrected chi connectivity index (χ2v) is 4.94. The summed E-state index contributed by atoms with van der Waals surface area (Å²) in [6.07, 6.45) is 2.61.